The molecule has 0 spiro atoms. The van der Waals surface area contributed by atoms with E-state index in [0.717, 1.165) is 6.54 Å². The van der Waals surface area contributed by atoms with E-state index in [-0.39, 0.29) is 12.3 Å². The van der Waals surface area contributed by atoms with E-state index in [0.29, 0.717) is 11.8 Å². The molecule has 120 valence electrons. The van der Waals surface area contributed by atoms with Crippen LogP contribution in [0.1, 0.15) is 61.5 Å². The van der Waals surface area contributed by atoms with Gasteiger partial charge in [0.1, 0.15) is 0 Å². The van der Waals surface area contributed by atoms with E-state index in [1.165, 1.54) is 49.8 Å². The first-order valence-corrected chi connectivity index (χ1v) is 8.63. The Kier molecular flexibility index (Phi) is 4.82. The van der Waals surface area contributed by atoms with Gasteiger partial charge in [-0.3, -0.25) is 4.79 Å². The molecular weight excluding hydrogens is 274 g/mol. The van der Waals surface area contributed by atoms with Gasteiger partial charge in [0.15, 0.2) is 0 Å². The molecule has 1 heterocycles. The smallest absolute Gasteiger partial charge is 0.303 e. The van der Waals surface area contributed by atoms with E-state index in [2.05, 4.69) is 36.2 Å². The van der Waals surface area contributed by atoms with Crippen molar-refractivity contribution in [2.45, 2.75) is 50.4 Å². The summed E-state index contributed by atoms with van der Waals surface area (Å²) in [7, 11) is 2.20. The fourth-order valence-electron chi connectivity index (χ4n) is 3.86. The Morgan fingerprint density at radius 3 is 2.82 bits per heavy atom. The van der Waals surface area contributed by atoms with Gasteiger partial charge >= 0.3 is 5.97 Å². The number of nitrogens with zero attached hydrogens (tertiary/aromatic N) is 1. The van der Waals surface area contributed by atoms with Gasteiger partial charge in [-0.25, -0.2) is 0 Å². The van der Waals surface area contributed by atoms with Crippen molar-refractivity contribution in [3.05, 3.63) is 35.4 Å². The maximum absolute atomic E-state index is 11.2. The number of benzene rings is 1. The van der Waals surface area contributed by atoms with Crippen LogP contribution in [0.2, 0.25) is 0 Å². The fourth-order valence-corrected chi connectivity index (χ4v) is 3.86. The van der Waals surface area contributed by atoms with E-state index >= 15 is 0 Å². The molecule has 1 aliphatic heterocycles. The van der Waals surface area contributed by atoms with Crippen LogP contribution in [0.3, 0.4) is 0 Å². The lowest BCUT2D eigenvalue weighted by Crippen LogP contribution is -2.18. The van der Waals surface area contributed by atoms with Gasteiger partial charge in [-0.15, -0.1) is 0 Å². The Morgan fingerprint density at radius 1 is 1.27 bits per heavy atom. The number of hydrogen-bond acceptors (Lipinski definition) is 2. The quantitative estimate of drug-likeness (QED) is 0.898. The molecule has 2 atom stereocenters. The number of likely N-dealkylation sites (tertiary alicyclic amines) is 1. The number of carbonyl (C=O) groups is 1. The highest BCUT2D eigenvalue weighted by Crippen LogP contribution is 2.45. The summed E-state index contributed by atoms with van der Waals surface area (Å²) in [4.78, 5) is 13.6. The van der Waals surface area contributed by atoms with Gasteiger partial charge in [-0.05, 0) is 81.1 Å². The van der Waals surface area contributed by atoms with Crippen LogP contribution >= 0.6 is 0 Å². The molecule has 2 unspecified atom stereocenters. The lowest BCUT2D eigenvalue weighted by molar-refractivity contribution is -0.137. The van der Waals surface area contributed by atoms with E-state index in [1.54, 1.807) is 0 Å². The molecule has 0 aromatic heterocycles. The Balaban J connectivity index is 1.77. The first kappa shape index (κ1) is 15.5. The summed E-state index contributed by atoms with van der Waals surface area (Å²) in [5.41, 5.74) is 2.67. The average molecular weight is 301 g/mol. The third kappa shape index (κ3) is 3.89. The van der Waals surface area contributed by atoms with Crippen molar-refractivity contribution < 1.29 is 9.90 Å². The molecule has 0 amide bonds. The molecule has 1 saturated carbocycles. The van der Waals surface area contributed by atoms with Crippen molar-refractivity contribution in [2.24, 2.45) is 5.92 Å². The van der Waals surface area contributed by atoms with Gasteiger partial charge in [0.2, 0.25) is 0 Å². The minimum Gasteiger partial charge on any atom is -0.481 e. The van der Waals surface area contributed by atoms with Crippen LogP contribution in [0, 0.1) is 5.92 Å². The Bertz CT molecular complexity index is 524. The highest BCUT2D eigenvalue weighted by molar-refractivity contribution is 5.68. The van der Waals surface area contributed by atoms with Crippen molar-refractivity contribution >= 4 is 5.97 Å². The van der Waals surface area contributed by atoms with E-state index in [4.69, 9.17) is 0 Å². The van der Waals surface area contributed by atoms with Crippen LogP contribution in [0.4, 0.5) is 0 Å². The Hall–Kier alpha value is -1.35. The molecule has 1 N–H and O–H groups in total. The normalized spacial score (nSPS) is 24.7. The molecule has 2 fully saturated rings. The third-order valence-electron chi connectivity index (χ3n) is 5.35. The number of carboxylic acids is 1. The summed E-state index contributed by atoms with van der Waals surface area (Å²) >= 11 is 0. The van der Waals surface area contributed by atoms with Crippen molar-refractivity contribution in [1.29, 1.82) is 0 Å². The third-order valence-corrected chi connectivity index (χ3v) is 5.35. The zero-order chi connectivity index (χ0) is 15.5. The lowest BCUT2D eigenvalue weighted by Gasteiger charge is -2.19. The largest absolute Gasteiger partial charge is 0.481 e. The SMILES string of the molecule is CN1CCCC(c2cccc(C(CC(=O)O)C3CC3)c2)CC1. The highest BCUT2D eigenvalue weighted by atomic mass is 16.4. The number of carboxylic acid groups (broad SMARTS) is 1. The summed E-state index contributed by atoms with van der Waals surface area (Å²) in [5, 5.41) is 9.20. The van der Waals surface area contributed by atoms with Crippen LogP contribution in [-0.4, -0.2) is 36.1 Å². The van der Waals surface area contributed by atoms with Gasteiger partial charge in [-0.2, -0.15) is 0 Å². The van der Waals surface area contributed by atoms with Gasteiger partial charge in [0, 0.05) is 0 Å². The zero-order valence-corrected chi connectivity index (χ0v) is 13.5. The summed E-state index contributed by atoms with van der Waals surface area (Å²) in [6.45, 7) is 2.36. The molecule has 1 aromatic carbocycles. The Labute approximate surface area is 133 Å². The zero-order valence-electron chi connectivity index (χ0n) is 13.5. The predicted molar refractivity (Wildman–Crippen MR) is 88.2 cm³/mol. The number of rotatable bonds is 5. The average Bonchev–Trinajstić information content (AvgIpc) is 3.32. The summed E-state index contributed by atoms with van der Waals surface area (Å²) in [5.74, 6) is 0.769. The minimum absolute atomic E-state index is 0.214. The molecule has 1 aromatic rings. The minimum atomic E-state index is -0.668. The summed E-state index contributed by atoms with van der Waals surface area (Å²) in [6.07, 6.45) is 6.38. The molecule has 0 radical (unpaired) electrons. The standard InChI is InChI=1S/C19H27NO2/c1-20-10-3-6-14(9-11-20)16-4-2-5-17(12-16)18(13-19(21)22)15-7-8-15/h2,4-5,12,14-15,18H,3,6-11,13H2,1H3,(H,21,22). The molecule has 22 heavy (non-hydrogen) atoms. The monoisotopic (exact) mass is 301 g/mol. The molecule has 3 heteroatoms. The summed E-state index contributed by atoms with van der Waals surface area (Å²) in [6, 6.07) is 8.82. The van der Waals surface area contributed by atoms with Crippen LogP contribution in [-0.2, 0) is 4.79 Å². The first-order valence-electron chi connectivity index (χ1n) is 8.63. The lowest BCUT2D eigenvalue weighted by atomic mass is 9.86. The maximum Gasteiger partial charge on any atom is 0.303 e. The van der Waals surface area contributed by atoms with Crippen molar-refractivity contribution in [1.82, 2.24) is 4.90 Å². The van der Waals surface area contributed by atoms with Crippen molar-refractivity contribution in [3.63, 3.8) is 0 Å². The van der Waals surface area contributed by atoms with Crippen LogP contribution < -0.4 is 0 Å². The van der Waals surface area contributed by atoms with Crippen molar-refractivity contribution in [3.8, 4) is 0 Å². The van der Waals surface area contributed by atoms with Gasteiger partial charge in [0.05, 0.1) is 6.42 Å². The molecule has 3 nitrogen and oxygen atoms in total. The second kappa shape index (κ2) is 6.82. The molecular formula is C19H27NO2. The first-order chi connectivity index (χ1) is 10.6. The van der Waals surface area contributed by atoms with Crippen LogP contribution in [0.5, 0.6) is 0 Å². The Morgan fingerprint density at radius 2 is 2.09 bits per heavy atom. The van der Waals surface area contributed by atoms with Crippen LogP contribution in [0.15, 0.2) is 24.3 Å². The van der Waals surface area contributed by atoms with Crippen LogP contribution in [0.25, 0.3) is 0 Å². The molecule has 0 bridgehead atoms. The van der Waals surface area contributed by atoms with E-state index in [9.17, 15) is 9.90 Å². The molecule has 1 saturated heterocycles. The van der Waals surface area contributed by atoms with Gasteiger partial charge in [-0.1, -0.05) is 24.3 Å². The number of aliphatic carboxylic acids is 1. The molecule has 2 aliphatic rings. The van der Waals surface area contributed by atoms with Gasteiger partial charge in [0.25, 0.3) is 0 Å². The summed E-state index contributed by atoms with van der Waals surface area (Å²) < 4.78 is 0. The highest BCUT2D eigenvalue weighted by Gasteiger charge is 2.34. The van der Waals surface area contributed by atoms with Crippen molar-refractivity contribution in [2.75, 3.05) is 20.1 Å². The maximum atomic E-state index is 11.2. The number of hydrogen-bond donors (Lipinski definition) is 1. The van der Waals surface area contributed by atoms with E-state index in [1.807, 2.05) is 0 Å². The van der Waals surface area contributed by atoms with Gasteiger partial charge < -0.3 is 10.0 Å². The van der Waals surface area contributed by atoms with E-state index < -0.39 is 5.97 Å². The fraction of sp³-hybridized carbons (Fsp3) is 0.632. The predicted octanol–water partition coefficient (Wildman–Crippen LogP) is 3.85. The second-order valence-corrected chi connectivity index (χ2v) is 7.14. The topological polar surface area (TPSA) is 40.5 Å². The second-order valence-electron chi connectivity index (χ2n) is 7.14. The molecule has 1 aliphatic carbocycles. The molecule has 3 rings (SSSR count).